The first-order valence-electron chi connectivity index (χ1n) is 13.6. The van der Waals surface area contributed by atoms with Gasteiger partial charge in [-0.25, -0.2) is 9.24 Å². The molecule has 204 valence electrons. The van der Waals surface area contributed by atoms with E-state index in [0.717, 1.165) is 69.1 Å². The van der Waals surface area contributed by atoms with Crippen LogP contribution in [0.3, 0.4) is 0 Å². The first-order chi connectivity index (χ1) is 16.1. The Bertz CT molecular complexity index is 566. The van der Waals surface area contributed by atoms with Gasteiger partial charge in [-0.15, -0.1) is 0 Å². The monoisotopic (exact) mass is 508 g/mol. The van der Waals surface area contributed by atoms with Crippen molar-refractivity contribution in [3.05, 3.63) is 0 Å². The third-order valence-electron chi connectivity index (χ3n) is 7.15. The Labute approximate surface area is 209 Å². The molecule has 3 N–H and O–H groups in total. The quantitative estimate of drug-likeness (QED) is 0.111. The van der Waals surface area contributed by atoms with Crippen LogP contribution >= 0.6 is 7.75 Å². The third kappa shape index (κ3) is 13.6. The molecule has 34 heavy (non-hydrogen) atoms. The molecule has 0 aliphatic rings. The lowest BCUT2D eigenvalue weighted by molar-refractivity contribution is -0.923. The fourth-order valence-electron chi connectivity index (χ4n) is 4.22. The molecule has 0 saturated heterocycles. The van der Waals surface area contributed by atoms with Crippen molar-refractivity contribution >= 4 is 13.7 Å². The number of quaternary nitrogens is 1. The summed E-state index contributed by atoms with van der Waals surface area (Å²) in [6, 6.07) is -0.619. The second-order valence-electron chi connectivity index (χ2n) is 9.58. The molecule has 9 heteroatoms. The van der Waals surface area contributed by atoms with Crippen LogP contribution < -0.4 is 5.32 Å². The van der Waals surface area contributed by atoms with Crippen molar-refractivity contribution in [2.45, 2.75) is 111 Å². The lowest BCUT2D eigenvalue weighted by Crippen LogP contribution is -2.50. The molecule has 0 aliphatic heterocycles. The second-order valence-corrected chi connectivity index (χ2v) is 11.5. The average Bonchev–Trinajstić information content (AvgIpc) is 2.81. The molecular formula is C25H55N3O5P+. The number of aliphatic hydroxyl groups excluding tert-OH is 1. The van der Waals surface area contributed by atoms with Crippen molar-refractivity contribution in [3.63, 3.8) is 0 Å². The topological polar surface area (TPSA) is 99.1 Å². The van der Waals surface area contributed by atoms with Crippen molar-refractivity contribution in [2.24, 2.45) is 0 Å². The molecule has 0 aromatic heterocycles. The minimum atomic E-state index is -4.04. The van der Waals surface area contributed by atoms with Crippen LogP contribution in [0.1, 0.15) is 98.8 Å². The minimum Gasteiger partial charge on any atom is -0.391 e. The van der Waals surface area contributed by atoms with Crippen LogP contribution in [0.5, 0.6) is 0 Å². The molecule has 0 aliphatic carbocycles. The van der Waals surface area contributed by atoms with Crippen LogP contribution in [-0.4, -0.2) is 83.6 Å². The molecule has 0 aromatic rings. The summed E-state index contributed by atoms with van der Waals surface area (Å²) in [5, 5.41) is 13.7. The van der Waals surface area contributed by atoms with Gasteiger partial charge in [-0.1, -0.05) is 58.8 Å². The first kappa shape index (κ1) is 33.5. The predicted octanol–water partition coefficient (Wildman–Crippen LogP) is 4.70. The van der Waals surface area contributed by atoms with Crippen LogP contribution in [0.2, 0.25) is 0 Å². The van der Waals surface area contributed by atoms with Gasteiger partial charge in [0.1, 0.15) is 13.2 Å². The first-order valence-corrected chi connectivity index (χ1v) is 15.2. The Morgan fingerprint density at radius 2 is 1.53 bits per heavy atom. The molecule has 0 radical (unpaired) electrons. The molecule has 0 fully saturated rings. The molecule has 0 spiro atoms. The smallest absolute Gasteiger partial charge is 0.391 e. The highest BCUT2D eigenvalue weighted by Gasteiger charge is 2.33. The number of nitrogens with one attached hydrogen (secondary N) is 1. The lowest BCUT2D eigenvalue weighted by atomic mass is 10.0. The Morgan fingerprint density at radius 1 is 0.971 bits per heavy atom. The number of nitrogens with zero attached hydrogens (tertiary/aromatic N) is 2. The van der Waals surface area contributed by atoms with Gasteiger partial charge < -0.3 is 19.8 Å². The Kier molecular flexibility index (Phi) is 18.4. The van der Waals surface area contributed by atoms with Gasteiger partial charge in [-0.05, 0) is 40.7 Å². The molecule has 1 amide bonds. The highest BCUT2D eigenvalue weighted by molar-refractivity contribution is 7.50. The van der Waals surface area contributed by atoms with E-state index in [1.165, 1.54) is 18.1 Å². The molecular weight excluding hydrogens is 453 g/mol. The minimum absolute atomic E-state index is 0.0543. The number of rotatable bonds is 22. The van der Waals surface area contributed by atoms with Crippen molar-refractivity contribution in [3.8, 4) is 0 Å². The van der Waals surface area contributed by atoms with E-state index in [-0.39, 0.29) is 19.1 Å². The SMILES string of the molecule is CCCCCCC[C@@H](O)[C@H](CN(C)P(=O)(O)OCC[N+](CC)(CC)CC)NC(=O)CCCCC. The molecule has 0 aromatic carbocycles. The molecule has 0 heterocycles. The number of hydrogen-bond donors (Lipinski definition) is 3. The van der Waals surface area contributed by atoms with Gasteiger partial charge in [0.05, 0.1) is 31.8 Å². The van der Waals surface area contributed by atoms with Gasteiger partial charge in [-0.2, -0.15) is 0 Å². The molecule has 0 saturated carbocycles. The van der Waals surface area contributed by atoms with Crippen molar-refractivity contribution in [2.75, 3.05) is 46.4 Å². The second kappa shape index (κ2) is 18.7. The predicted molar refractivity (Wildman–Crippen MR) is 141 cm³/mol. The van der Waals surface area contributed by atoms with Crippen LogP contribution in [0.15, 0.2) is 0 Å². The maximum absolute atomic E-state index is 12.9. The zero-order valence-corrected chi connectivity index (χ0v) is 23.8. The van der Waals surface area contributed by atoms with Gasteiger partial charge in [0.2, 0.25) is 5.91 Å². The number of amides is 1. The van der Waals surface area contributed by atoms with Gasteiger partial charge in [-0.3, -0.25) is 9.32 Å². The highest BCUT2D eigenvalue weighted by Crippen LogP contribution is 2.45. The van der Waals surface area contributed by atoms with Crippen molar-refractivity contribution in [1.29, 1.82) is 0 Å². The number of aliphatic hydroxyl groups is 1. The average molecular weight is 509 g/mol. The van der Waals surface area contributed by atoms with Gasteiger partial charge in [0.25, 0.3) is 0 Å². The summed E-state index contributed by atoms with van der Waals surface area (Å²) in [4.78, 5) is 23.0. The fourth-order valence-corrected chi connectivity index (χ4v) is 5.12. The van der Waals surface area contributed by atoms with E-state index in [1.807, 2.05) is 0 Å². The van der Waals surface area contributed by atoms with E-state index in [0.29, 0.717) is 19.4 Å². The molecule has 8 nitrogen and oxygen atoms in total. The van der Waals surface area contributed by atoms with Crippen LogP contribution in [-0.2, 0) is 13.9 Å². The summed E-state index contributed by atoms with van der Waals surface area (Å²) in [5.74, 6) is -0.124. The molecule has 0 rings (SSSR count). The number of carbonyl (C=O) groups excluding carboxylic acids is 1. The Morgan fingerprint density at radius 3 is 2.09 bits per heavy atom. The summed E-state index contributed by atoms with van der Waals surface area (Å²) in [6.45, 7) is 14.3. The molecule has 1 unspecified atom stereocenters. The Balaban J connectivity index is 5.04. The third-order valence-corrected chi connectivity index (χ3v) is 8.70. The number of likely N-dealkylation sites (N-methyl/N-ethyl adjacent to an activating group) is 2. The highest BCUT2D eigenvalue weighted by atomic mass is 31.2. The van der Waals surface area contributed by atoms with E-state index < -0.39 is 19.9 Å². The van der Waals surface area contributed by atoms with Gasteiger partial charge >= 0.3 is 7.75 Å². The summed E-state index contributed by atoms with van der Waals surface area (Å²) >= 11 is 0. The lowest BCUT2D eigenvalue weighted by Gasteiger charge is -2.36. The van der Waals surface area contributed by atoms with Crippen molar-refractivity contribution < 1.29 is 28.4 Å². The van der Waals surface area contributed by atoms with Crippen LogP contribution in [0, 0.1) is 0 Å². The summed E-state index contributed by atoms with van der Waals surface area (Å²) < 4.78 is 20.5. The van der Waals surface area contributed by atoms with Gasteiger partial charge in [0.15, 0.2) is 0 Å². The van der Waals surface area contributed by atoms with E-state index in [4.69, 9.17) is 4.52 Å². The largest absolute Gasteiger partial charge is 0.405 e. The van der Waals surface area contributed by atoms with E-state index in [1.54, 1.807) is 0 Å². The molecule has 0 bridgehead atoms. The zero-order chi connectivity index (χ0) is 26.0. The Hall–Kier alpha value is -0.500. The summed E-state index contributed by atoms with van der Waals surface area (Å²) in [6.07, 6.45) is 8.34. The fraction of sp³-hybridized carbons (Fsp3) is 0.960. The van der Waals surface area contributed by atoms with Crippen molar-refractivity contribution in [1.82, 2.24) is 9.99 Å². The zero-order valence-electron chi connectivity index (χ0n) is 22.9. The number of carbonyl (C=O) groups is 1. The number of hydrogen-bond acceptors (Lipinski definition) is 4. The number of unbranched alkanes of at least 4 members (excludes halogenated alkanes) is 6. The van der Waals surface area contributed by atoms with E-state index in [9.17, 15) is 19.4 Å². The maximum Gasteiger partial charge on any atom is 0.405 e. The standard InChI is InChI=1S/C25H54N3O5P/c1-7-12-14-15-17-18-24(29)23(26-25(30)19-16-13-8-2)22-27(6)34(31,32)33-21-20-28(9-3,10-4)11-5/h23-24,29H,7-22H2,1-6H3,(H-,26,30,31,32)/p+1/t23-,24+/m0/s1. The maximum atomic E-state index is 12.9. The summed E-state index contributed by atoms with van der Waals surface area (Å²) in [7, 11) is -2.52. The molecule has 3 atom stereocenters. The van der Waals surface area contributed by atoms with Crippen LogP contribution in [0.4, 0.5) is 0 Å². The van der Waals surface area contributed by atoms with Gasteiger partial charge in [0, 0.05) is 13.0 Å². The normalized spacial score (nSPS) is 15.8. The summed E-state index contributed by atoms with van der Waals surface area (Å²) in [5.41, 5.74) is 0. The van der Waals surface area contributed by atoms with E-state index >= 15 is 0 Å². The van der Waals surface area contributed by atoms with E-state index in [2.05, 4.69) is 39.9 Å². The van der Waals surface area contributed by atoms with Crippen LogP contribution in [0.25, 0.3) is 0 Å².